The average Bonchev–Trinajstić information content (AvgIpc) is 2.34. The molecule has 0 saturated carbocycles. The van der Waals surface area contributed by atoms with Crippen LogP contribution in [0.1, 0.15) is 40.0 Å². The lowest BCUT2D eigenvalue weighted by Gasteiger charge is -2.11. The second-order valence-corrected chi connectivity index (χ2v) is 5.57. The normalized spacial score (nSPS) is 10.7. The van der Waals surface area contributed by atoms with Crippen molar-refractivity contribution in [3.8, 4) is 0 Å². The predicted octanol–water partition coefficient (Wildman–Crippen LogP) is 3.91. The van der Waals surface area contributed by atoms with Gasteiger partial charge in [-0.3, -0.25) is 0 Å². The summed E-state index contributed by atoms with van der Waals surface area (Å²) in [6, 6.07) is 0. The third-order valence-corrected chi connectivity index (χ3v) is 3.33. The molecule has 0 aliphatic rings. The van der Waals surface area contributed by atoms with Gasteiger partial charge < -0.3 is 10.6 Å². The number of nitrogens with one attached hydrogen (secondary N) is 2. The van der Waals surface area contributed by atoms with E-state index in [2.05, 4.69) is 57.3 Å². The number of hydrogen-bond acceptors (Lipinski definition) is 4. The smallest absolute Gasteiger partial charge is 0.145 e. The zero-order valence-corrected chi connectivity index (χ0v) is 13.0. The minimum atomic E-state index is 0.752. The molecule has 0 amide bonds. The van der Waals surface area contributed by atoms with E-state index in [0.29, 0.717) is 0 Å². The molecule has 0 aromatic carbocycles. The molecule has 0 spiro atoms. The molecule has 1 heterocycles. The van der Waals surface area contributed by atoms with Gasteiger partial charge in [0.1, 0.15) is 22.4 Å². The van der Waals surface area contributed by atoms with Gasteiger partial charge in [0.2, 0.25) is 0 Å². The van der Waals surface area contributed by atoms with E-state index in [1.165, 1.54) is 6.42 Å². The van der Waals surface area contributed by atoms with E-state index < -0.39 is 0 Å². The minimum absolute atomic E-state index is 0.752. The van der Waals surface area contributed by atoms with Crippen molar-refractivity contribution in [2.75, 3.05) is 23.7 Å². The summed E-state index contributed by atoms with van der Waals surface area (Å²) in [5, 5.41) is 6.62. The third-order valence-electron chi connectivity index (χ3n) is 2.58. The summed E-state index contributed by atoms with van der Waals surface area (Å²) in [6.45, 7) is 8.48. The molecule has 1 rings (SSSR count). The van der Waals surface area contributed by atoms with Crippen molar-refractivity contribution < 1.29 is 0 Å². The third kappa shape index (κ3) is 5.21. The number of rotatable bonds is 8. The lowest BCUT2D eigenvalue weighted by Crippen LogP contribution is -2.08. The Bertz CT molecular complexity index is 355. The molecule has 1 aromatic rings. The summed E-state index contributed by atoms with van der Waals surface area (Å²) in [5.74, 6) is 2.48. The van der Waals surface area contributed by atoms with Gasteiger partial charge in [-0.2, -0.15) is 0 Å². The zero-order chi connectivity index (χ0) is 13.4. The molecule has 2 N–H and O–H groups in total. The van der Waals surface area contributed by atoms with Crippen LogP contribution in [0.2, 0.25) is 0 Å². The molecule has 102 valence electrons. The Morgan fingerprint density at radius 2 is 1.78 bits per heavy atom. The summed E-state index contributed by atoms with van der Waals surface area (Å²) in [7, 11) is 0. The first-order valence-electron chi connectivity index (χ1n) is 6.63. The molecule has 0 saturated heterocycles. The second kappa shape index (κ2) is 8.29. The summed E-state index contributed by atoms with van der Waals surface area (Å²) >= 11 is 3.54. The molecule has 18 heavy (non-hydrogen) atoms. The van der Waals surface area contributed by atoms with Gasteiger partial charge in [0, 0.05) is 13.1 Å². The Hall–Kier alpha value is -0.840. The highest BCUT2D eigenvalue weighted by molar-refractivity contribution is 9.10. The fraction of sp³-hybridized carbons (Fsp3) is 0.692. The highest BCUT2D eigenvalue weighted by Gasteiger charge is 2.07. The number of nitrogens with zero attached hydrogens (tertiary/aromatic N) is 2. The lowest BCUT2D eigenvalue weighted by molar-refractivity contribution is 0.566. The van der Waals surface area contributed by atoms with E-state index in [4.69, 9.17) is 0 Å². The first-order chi connectivity index (χ1) is 8.65. The fourth-order valence-electron chi connectivity index (χ4n) is 1.58. The Balaban J connectivity index is 2.49. The fourth-order valence-corrected chi connectivity index (χ4v) is 2.06. The summed E-state index contributed by atoms with van der Waals surface area (Å²) in [4.78, 5) is 8.48. The number of halogens is 1. The van der Waals surface area contributed by atoms with E-state index in [-0.39, 0.29) is 0 Å². The highest BCUT2D eigenvalue weighted by Crippen LogP contribution is 2.26. The van der Waals surface area contributed by atoms with Gasteiger partial charge in [-0.15, -0.1) is 0 Å². The number of anilines is 2. The molecular formula is C13H23BrN4. The number of aromatic nitrogens is 2. The maximum absolute atomic E-state index is 4.25. The highest BCUT2D eigenvalue weighted by atomic mass is 79.9. The molecule has 0 aliphatic carbocycles. The molecule has 5 heteroatoms. The molecule has 1 aromatic heterocycles. The largest absolute Gasteiger partial charge is 0.369 e. The van der Waals surface area contributed by atoms with Crippen molar-refractivity contribution in [1.82, 2.24) is 9.97 Å². The Morgan fingerprint density at radius 1 is 1.17 bits per heavy atom. The second-order valence-electron chi connectivity index (χ2n) is 4.77. The molecule has 0 unspecified atom stereocenters. The SMILES string of the molecule is CCCNc1ncnc(NCCCC(C)C)c1Br. The van der Waals surface area contributed by atoms with Crippen LogP contribution in [-0.2, 0) is 0 Å². The van der Waals surface area contributed by atoms with Gasteiger partial charge in [0.05, 0.1) is 0 Å². The van der Waals surface area contributed by atoms with E-state index in [0.717, 1.165) is 48.0 Å². The minimum Gasteiger partial charge on any atom is -0.369 e. The van der Waals surface area contributed by atoms with Crippen molar-refractivity contribution >= 4 is 27.6 Å². The van der Waals surface area contributed by atoms with Crippen LogP contribution >= 0.6 is 15.9 Å². The zero-order valence-electron chi connectivity index (χ0n) is 11.5. The van der Waals surface area contributed by atoms with E-state index >= 15 is 0 Å². The Labute approximate surface area is 118 Å². The summed E-state index contributed by atoms with van der Waals surface area (Å²) < 4.78 is 0.919. The van der Waals surface area contributed by atoms with Crippen molar-refractivity contribution in [2.45, 2.75) is 40.0 Å². The van der Waals surface area contributed by atoms with Crippen molar-refractivity contribution in [3.63, 3.8) is 0 Å². The van der Waals surface area contributed by atoms with Crippen LogP contribution in [0.5, 0.6) is 0 Å². The lowest BCUT2D eigenvalue weighted by atomic mass is 10.1. The quantitative estimate of drug-likeness (QED) is 0.714. The van der Waals surface area contributed by atoms with Crippen LogP contribution in [-0.4, -0.2) is 23.1 Å². The van der Waals surface area contributed by atoms with Crippen LogP contribution in [0.25, 0.3) is 0 Å². The van der Waals surface area contributed by atoms with Crippen LogP contribution < -0.4 is 10.6 Å². The van der Waals surface area contributed by atoms with Gasteiger partial charge in [-0.1, -0.05) is 20.8 Å². The van der Waals surface area contributed by atoms with E-state index in [9.17, 15) is 0 Å². The maximum Gasteiger partial charge on any atom is 0.145 e. The molecule has 0 aliphatic heterocycles. The van der Waals surface area contributed by atoms with Crippen molar-refractivity contribution in [3.05, 3.63) is 10.8 Å². The molecule has 0 atom stereocenters. The molecular weight excluding hydrogens is 292 g/mol. The molecule has 0 bridgehead atoms. The molecule has 0 radical (unpaired) electrons. The maximum atomic E-state index is 4.25. The summed E-state index contributed by atoms with van der Waals surface area (Å²) in [5.41, 5.74) is 0. The Kier molecular flexibility index (Phi) is 7.01. The monoisotopic (exact) mass is 314 g/mol. The van der Waals surface area contributed by atoms with Crippen LogP contribution in [0, 0.1) is 5.92 Å². The molecule has 4 nitrogen and oxygen atoms in total. The van der Waals surface area contributed by atoms with Gasteiger partial charge >= 0.3 is 0 Å². The first kappa shape index (κ1) is 15.2. The summed E-state index contributed by atoms with van der Waals surface area (Å²) in [6.07, 6.45) is 5.06. The standard InChI is InChI=1S/C13H23BrN4/c1-4-7-15-12-11(14)13(18-9-17-12)16-8-5-6-10(2)3/h9-10H,4-8H2,1-3H3,(H2,15,16,17,18). The van der Waals surface area contributed by atoms with Crippen molar-refractivity contribution in [1.29, 1.82) is 0 Å². The van der Waals surface area contributed by atoms with E-state index in [1.807, 2.05) is 0 Å². The Morgan fingerprint density at radius 3 is 2.33 bits per heavy atom. The van der Waals surface area contributed by atoms with Gasteiger partial charge in [0.25, 0.3) is 0 Å². The van der Waals surface area contributed by atoms with Gasteiger partial charge in [-0.05, 0) is 41.1 Å². The first-order valence-corrected chi connectivity index (χ1v) is 7.42. The van der Waals surface area contributed by atoms with Crippen LogP contribution in [0.4, 0.5) is 11.6 Å². The molecule has 0 fully saturated rings. The predicted molar refractivity (Wildman–Crippen MR) is 81.1 cm³/mol. The average molecular weight is 315 g/mol. The number of hydrogen-bond donors (Lipinski definition) is 2. The van der Waals surface area contributed by atoms with Crippen LogP contribution in [0.3, 0.4) is 0 Å². The van der Waals surface area contributed by atoms with Crippen LogP contribution in [0.15, 0.2) is 10.8 Å². The topological polar surface area (TPSA) is 49.8 Å². The van der Waals surface area contributed by atoms with E-state index in [1.54, 1.807) is 6.33 Å². The van der Waals surface area contributed by atoms with Gasteiger partial charge in [-0.25, -0.2) is 9.97 Å². The van der Waals surface area contributed by atoms with Gasteiger partial charge in [0.15, 0.2) is 0 Å². The van der Waals surface area contributed by atoms with Crippen molar-refractivity contribution in [2.24, 2.45) is 5.92 Å².